The number of nitrogens with one attached hydrogen (secondary N) is 1. The van der Waals surface area contributed by atoms with Crippen LogP contribution in [0.25, 0.3) is 0 Å². The molecular formula is C24H35N3O5. The minimum atomic E-state index is -0.741. The van der Waals surface area contributed by atoms with E-state index in [9.17, 15) is 19.2 Å². The van der Waals surface area contributed by atoms with Gasteiger partial charge in [0, 0.05) is 25.7 Å². The van der Waals surface area contributed by atoms with Gasteiger partial charge in [0.05, 0.1) is 19.1 Å². The van der Waals surface area contributed by atoms with Crippen LogP contribution in [0.1, 0.15) is 49.5 Å². The predicted molar refractivity (Wildman–Crippen MR) is 121 cm³/mol. The number of rotatable bonds is 8. The van der Waals surface area contributed by atoms with Gasteiger partial charge in [-0.1, -0.05) is 32.0 Å². The molecular weight excluding hydrogens is 410 g/mol. The maximum Gasteiger partial charge on any atom is 0.309 e. The predicted octanol–water partition coefficient (Wildman–Crippen LogP) is 2.01. The Bertz CT molecular complexity index is 831. The van der Waals surface area contributed by atoms with Gasteiger partial charge >= 0.3 is 5.97 Å². The van der Waals surface area contributed by atoms with E-state index in [2.05, 4.69) is 5.32 Å². The van der Waals surface area contributed by atoms with Crippen molar-refractivity contribution in [2.45, 2.75) is 46.6 Å². The fraction of sp³-hybridized carbons (Fsp3) is 0.583. The molecule has 2 rings (SSSR count). The van der Waals surface area contributed by atoms with Gasteiger partial charge in [-0.05, 0) is 44.2 Å². The molecule has 1 N–H and O–H groups in total. The Labute approximate surface area is 190 Å². The molecule has 0 aromatic heterocycles. The average Bonchev–Trinajstić information content (AvgIpc) is 2.77. The Balaban J connectivity index is 1.94. The van der Waals surface area contributed by atoms with E-state index in [1.165, 1.54) is 4.90 Å². The molecule has 1 aromatic carbocycles. The van der Waals surface area contributed by atoms with Crippen molar-refractivity contribution in [3.05, 3.63) is 35.4 Å². The van der Waals surface area contributed by atoms with Gasteiger partial charge in [0.2, 0.25) is 11.8 Å². The van der Waals surface area contributed by atoms with E-state index >= 15 is 0 Å². The molecule has 0 spiro atoms. The van der Waals surface area contributed by atoms with Crippen LogP contribution in [0.15, 0.2) is 24.3 Å². The van der Waals surface area contributed by atoms with E-state index in [4.69, 9.17) is 4.74 Å². The number of piperidine rings is 1. The summed E-state index contributed by atoms with van der Waals surface area (Å²) < 4.78 is 5.06. The molecule has 1 unspecified atom stereocenters. The third kappa shape index (κ3) is 6.55. The molecule has 0 aliphatic carbocycles. The van der Waals surface area contributed by atoms with Gasteiger partial charge in [-0.15, -0.1) is 0 Å². The fourth-order valence-electron chi connectivity index (χ4n) is 3.80. The minimum Gasteiger partial charge on any atom is -0.466 e. The number of carbonyl (C=O) groups is 4. The number of esters is 1. The normalized spacial score (nSPS) is 15.2. The molecule has 1 aliphatic rings. The van der Waals surface area contributed by atoms with Crippen molar-refractivity contribution in [2.24, 2.45) is 11.8 Å². The molecule has 0 saturated carbocycles. The van der Waals surface area contributed by atoms with E-state index < -0.39 is 6.04 Å². The third-order valence-corrected chi connectivity index (χ3v) is 5.83. The fourth-order valence-corrected chi connectivity index (χ4v) is 3.80. The molecule has 1 heterocycles. The minimum absolute atomic E-state index is 0.0770. The Morgan fingerprint density at radius 2 is 1.78 bits per heavy atom. The summed E-state index contributed by atoms with van der Waals surface area (Å²) in [6.07, 6.45) is 1.12. The summed E-state index contributed by atoms with van der Waals surface area (Å²) in [7, 11) is 1.57. The largest absolute Gasteiger partial charge is 0.466 e. The highest BCUT2D eigenvalue weighted by Gasteiger charge is 2.31. The molecule has 176 valence electrons. The van der Waals surface area contributed by atoms with Gasteiger partial charge in [-0.2, -0.15) is 0 Å². The Kier molecular flexibility index (Phi) is 9.23. The van der Waals surface area contributed by atoms with E-state index in [0.717, 1.165) is 5.56 Å². The van der Waals surface area contributed by atoms with Crippen LogP contribution < -0.4 is 5.32 Å². The first-order chi connectivity index (χ1) is 15.1. The zero-order valence-electron chi connectivity index (χ0n) is 19.7. The number of likely N-dealkylation sites (N-methyl/N-ethyl adjacent to an activating group) is 1. The van der Waals surface area contributed by atoms with E-state index in [1.54, 1.807) is 31.0 Å². The number of hydrogen-bond donors (Lipinski definition) is 1. The van der Waals surface area contributed by atoms with Crippen molar-refractivity contribution in [3.8, 4) is 0 Å². The van der Waals surface area contributed by atoms with Gasteiger partial charge in [-0.3, -0.25) is 19.2 Å². The number of aryl methyl sites for hydroxylation is 1. The van der Waals surface area contributed by atoms with Crippen LogP contribution in [-0.4, -0.2) is 72.8 Å². The number of amides is 3. The van der Waals surface area contributed by atoms with Crippen molar-refractivity contribution < 1.29 is 23.9 Å². The summed E-state index contributed by atoms with van der Waals surface area (Å²) in [6.45, 7) is 8.53. The number of ether oxygens (including phenoxy) is 1. The zero-order chi connectivity index (χ0) is 23.8. The number of likely N-dealkylation sites (tertiary alicyclic amines) is 1. The molecule has 1 aliphatic heterocycles. The third-order valence-electron chi connectivity index (χ3n) is 5.83. The molecule has 1 fully saturated rings. The van der Waals surface area contributed by atoms with Crippen molar-refractivity contribution in [1.29, 1.82) is 0 Å². The highest BCUT2D eigenvalue weighted by molar-refractivity contribution is 5.99. The monoisotopic (exact) mass is 445 g/mol. The first kappa shape index (κ1) is 25.4. The van der Waals surface area contributed by atoms with Crippen LogP contribution >= 0.6 is 0 Å². The molecule has 1 atom stereocenters. The molecule has 3 amide bonds. The summed E-state index contributed by atoms with van der Waals surface area (Å²) >= 11 is 0. The number of hydrogen-bond acceptors (Lipinski definition) is 5. The highest BCUT2D eigenvalue weighted by Crippen LogP contribution is 2.19. The number of benzene rings is 1. The Hall–Kier alpha value is -2.90. The smallest absolute Gasteiger partial charge is 0.309 e. The van der Waals surface area contributed by atoms with Crippen molar-refractivity contribution >= 4 is 23.7 Å². The van der Waals surface area contributed by atoms with Crippen LogP contribution in [0.4, 0.5) is 0 Å². The van der Waals surface area contributed by atoms with Crippen LogP contribution in [-0.2, 0) is 19.1 Å². The first-order valence-electron chi connectivity index (χ1n) is 11.2. The van der Waals surface area contributed by atoms with E-state index in [-0.39, 0.29) is 42.1 Å². The maximum atomic E-state index is 13.0. The highest BCUT2D eigenvalue weighted by atomic mass is 16.5. The van der Waals surface area contributed by atoms with Crippen LogP contribution in [0.2, 0.25) is 0 Å². The van der Waals surface area contributed by atoms with Gasteiger partial charge < -0.3 is 19.9 Å². The lowest BCUT2D eigenvalue weighted by Crippen LogP contribution is -2.53. The van der Waals surface area contributed by atoms with Gasteiger partial charge in [0.1, 0.15) is 6.04 Å². The molecule has 8 heteroatoms. The van der Waals surface area contributed by atoms with E-state index in [1.807, 2.05) is 32.9 Å². The van der Waals surface area contributed by atoms with Crippen molar-refractivity contribution in [1.82, 2.24) is 15.1 Å². The number of nitrogens with zero attached hydrogens (tertiary/aromatic N) is 2. The lowest BCUT2D eigenvalue weighted by atomic mass is 9.97. The molecule has 1 saturated heterocycles. The average molecular weight is 446 g/mol. The second-order valence-electron chi connectivity index (χ2n) is 8.61. The van der Waals surface area contributed by atoms with Crippen LogP contribution in [0.3, 0.4) is 0 Å². The SMILES string of the molecule is CCOC(=O)C1CCN(C(=O)CN(C)C(=O)C(NC(=O)c2ccccc2C)C(C)C)CC1. The van der Waals surface area contributed by atoms with Crippen LogP contribution in [0.5, 0.6) is 0 Å². The summed E-state index contributed by atoms with van der Waals surface area (Å²) in [4.78, 5) is 53.4. The summed E-state index contributed by atoms with van der Waals surface area (Å²) in [5, 5.41) is 2.83. The standard InChI is InChI=1S/C24H35N3O5/c1-6-32-24(31)18-11-13-27(14-12-18)20(28)15-26(5)23(30)21(16(2)3)25-22(29)19-10-8-7-9-17(19)4/h7-10,16,18,21H,6,11-15H2,1-5H3,(H,25,29). The van der Waals surface area contributed by atoms with Gasteiger partial charge in [0.15, 0.2) is 0 Å². The lowest BCUT2D eigenvalue weighted by Gasteiger charge is -2.33. The van der Waals surface area contributed by atoms with Crippen molar-refractivity contribution in [2.75, 3.05) is 33.3 Å². The second kappa shape index (κ2) is 11.6. The van der Waals surface area contributed by atoms with Crippen molar-refractivity contribution in [3.63, 3.8) is 0 Å². The van der Waals surface area contributed by atoms with E-state index in [0.29, 0.717) is 38.1 Å². The van der Waals surface area contributed by atoms with Gasteiger partial charge in [-0.25, -0.2) is 0 Å². The maximum absolute atomic E-state index is 13.0. The number of carbonyl (C=O) groups excluding carboxylic acids is 4. The molecule has 0 bridgehead atoms. The Morgan fingerprint density at radius 1 is 1.16 bits per heavy atom. The zero-order valence-corrected chi connectivity index (χ0v) is 19.7. The summed E-state index contributed by atoms with van der Waals surface area (Å²) in [6, 6.07) is 6.46. The summed E-state index contributed by atoms with van der Waals surface area (Å²) in [5.74, 6) is -1.33. The molecule has 32 heavy (non-hydrogen) atoms. The van der Waals surface area contributed by atoms with Crippen LogP contribution in [0, 0.1) is 18.8 Å². The molecule has 8 nitrogen and oxygen atoms in total. The lowest BCUT2D eigenvalue weighted by molar-refractivity contribution is -0.151. The molecule has 1 aromatic rings. The Morgan fingerprint density at radius 3 is 2.34 bits per heavy atom. The molecule has 0 radical (unpaired) electrons. The topological polar surface area (TPSA) is 96.0 Å². The van der Waals surface area contributed by atoms with Gasteiger partial charge in [0.25, 0.3) is 5.91 Å². The first-order valence-corrected chi connectivity index (χ1v) is 11.2. The second-order valence-corrected chi connectivity index (χ2v) is 8.61. The summed E-state index contributed by atoms with van der Waals surface area (Å²) in [5.41, 5.74) is 1.35. The quantitative estimate of drug-likeness (QED) is 0.618.